The molecule has 0 spiro atoms. The largest absolute Gasteiger partial charge is 0.385 e. The van der Waals surface area contributed by atoms with Crippen molar-refractivity contribution in [1.82, 2.24) is 10.6 Å². The van der Waals surface area contributed by atoms with Crippen molar-refractivity contribution in [2.75, 3.05) is 25.6 Å². The van der Waals surface area contributed by atoms with Crippen molar-refractivity contribution in [3.8, 4) is 0 Å². The highest BCUT2D eigenvalue weighted by Gasteiger charge is 2.10. The van der Waals surface area contributed by atoms with Crippen molar-refractivity contribution < 1.29 is 14.3 Å². The molecule has 0 aromatic heterocycles. The Bertz CT molecular complexity index is 851. The molecule has 2 aromatic rings. The van der Waals surface area contributed by atoms with Gasteiger partial charge in [-0.15, -0.1) is 0 Å². The van der Waals surface area contributed by atoms with Crippen LogP contribution in [0.2, 0.25) is 0 Å². The van der Waals surface area contributed by atoms with Crippen LogP contribution in [0.5, 0.6) is 0 Å². The van der Waals surface area contributed by atoms with Gasteiger partial charge in [0.15, 0.2) is 5.11 Å². The topological polar surface area (TPSA) is 79.5 Å². The second kappa shape index (κ2) is 11.3. The van der Waals surface area contributed by atoms with Crippen molar-refractivity contribution in [3.05, 3.63) is 65.2 Å². The van der Waals surface area contributed by atoms with Crippen molar-refractivity contribution in [3.63, 3.8) is 0 Å². The summed E-state index contributed by atoms with van der Waals surface area (Å²) in [5.41, 5.74) is 2.82. The van der Waals surface area contributed by atoms with E-state index < -0.39 is 0 Å². The summed E-state index contributed by atoms with van der Waals surface area (Å²) in [5.74, 6) is -0.0610. The molecule has 0 aliphatic heterocycles. The number of carbonyl (C=O) groups is 2. The molecule has 0 atom stereocenters. The van der Waals surface area contributed by atoms with E-state index in [-0.39, 0.29) is 16.9 Å². The molecule has 3 N–H and O–H groups in total. The zero-order valence-electron chi connectivity index (χ0n) is 17.0. The zero-order valence-corrected chi connectivity index (χ0v) is 17.8. The third kappa shape index (κ3) is 7.29. The number of ether oxygens (including phenoxy) is 1. The van der Waals surface area contributed by atoms with Crippen LogP contribution in [0.3, 0.4) is 0 Å². The van der Waals surface area contributed by atoms with E-state index in [4.69, 9.17) is 17.0 Å². The third-order valence-electron chi connectivity index (χ3n) is 4.26. The van der Waals surface area contributed by atoms with Gasteiger partial charge in [0.25, 0.3) is 11.8 Å². The van der Waals surface area contributed by atoms with Crippen molar-refractivity contribution >= 4 is 34.8 Å². The van der Waals surface area contributed by atoms with Crippen LogP contribution in [0.4, 0.5) is 5.69 Å². The van der Waals surface area contributed by atoms with Crippen LogP contribution >= 0.6 is 12.2 Å². The van der Waals surface area contributed by atoms with E-state index in [9.17, 15) is 9.59 Å². The molecule has 0 unspecified atom stereocenters. The van der Waals surface area contributed by atoms with Gasteiger partial charge in [-0.2, -0.15) is 0 Å². The first kappa shape index (κ1) is 22.5. The van der Waals surface area contributed by atoms with Gasteiger partial charge in [-0.05, 0) is 60.5 Å². The van der Waals surface area contributed by atoms with Gasteiger partial charge >= 0.3 is 0 Å². The normalized spacial score (nSPS) is 10.5. The second-order valence-electron chi connectivity index (χ2n) is 6.87. The molecule has 6 nitrogen and oxygen atoms in total. The van der Waals surface area contributed by atoms with Crippen LogP contribution in [0.1, 0.15) is 52.5 Å². The summed E-state index contributed by atoms with van der Waals surface area (Å²) in [7, 11) is 1.62. The standard InChI is InChI=1S/C22H27N3O3S/c1-15(2)16-8-10-17(11-9-16)21(27)25-22(29)24-19-7-4-6-18(14-19)20(26)23-12-5-13-28-3/h4,6-11,14-15H,5,12-13H2,1-3H3,(H,23,26)(H2,24,25,27,29). The number of thiocarbonyl (C=S) groups is 1. The average molecular weight is 414 g/mol. The summed E-state index contributed by atoms with van der Waals surface area (Å²) in [5, 5.41) is 8.60. The predicted molar refractivity (Wildman–Crippen MR) is 119 cm³/mol. The molecule has 2 amide bonds. The molecule has 0 aliphatic rings. The fourth-order valence-corrected chi connectivity index (χ4v) is 2.83. The first-order valence-electron chi connectivity index (χ1n) is 9.50. The molecule has 0 aliphatic carbocycles. The Labute approximate surface area is 177 Å². The molecular weight excluding hydrogens is 386 g/mol. The molecule has 0 bridgehead atoms. The number of rotatable bonds is 8. The molecule has 0 heterocycles. The van der Waals surface area contributed by atoms with Crippen LogP contribution in [0.15, 0.2) is 48.5 Å². The Kier molecular flexibility index (Phi) is 8.76. The Morgan fingerprint density at radius 1 is 1.03 bits per heavy atom. The first-order chi connectivity index (χ1) is 13.9. The van der Waals surface area contributed by atoms with Crippen molar-refractivity contribution in [2.24, 2.45) is 0 Å². The first-order valence-corrected chi connectivity index (χ1v) is 9.91. The minimum absolute atomic E-state index is 0.167. The number of hydrogen-bond acceptors (Lipinski definition) is 4. The van der Waals surface area contributed by atoms with Gasteiger partial charge in [0.2, 0.25) is 0 Å². The fourth-order valence-electron chi connectivity index (χ4n) is 2.62. The van der Waals surface area contributed by atoms with Crippen LogP contribution in [0, 0.1) is 0 Å². The highest BCUT2D eigenvalue weighted by atomic mass is 32.1. The van der Waals surface area contributed by atoms with E-state index in [2.05, 4.69) is 29.8 Å². The van der Waals surface area contributed by atoms with Gasteiger partial charge in [-0.25, -0.2) is 0 Å². The summed E-state index contributed by atoms with van der Waals surface area (Å²) in [6.45, 7) is 5.33. The summed E-state index contributed by atoms with van der Waals surface area (Å²) in [6.07, 6.45) is 0.744. The molecule has 0 saturated heterocycles. The fraction of sp³-hybridized carbons (Fsp3) is 0.318. The maximum absolute atomic E-state index is 12.4. The van der Waals surface area contributed by atoms with Gasteiger partial charge in [0.1, 0.15) is 0 Å². The lowest BCUT2D eigenvalue weighted by molar-refractivity contribution is 0.0946. The Morgan fingerprint density at radius 3 is 2.41 bits per heavy atom. The summed E-state index contributed by atoms with van der Waals surface area (Å²) >= 11 is 5.23. The summed E-state index contributed by atoms with van der Waals surface area (Å²) in [6, 6.07) is 14.4. The number of amides is 2. The lowest BCUT2D eigenvalue weighted by atomic mass is 10.0. The van der Waals surface area contributed by atoms with E-state index in [1.165, 1.54) is 5.56 Å². The van der Waals surface area contributed by atoms with E-state index in [0.717, 1.165) is 6.42 Å². The predicted octanol–water partition coefficient (Wildman–Crippen LogP) is 3.70. The van der Waals surface area contributed by atoms with Gasteiger partial charge in [0.05, 0.1) is 0 Å². The van der Waals surface area contributed by atoms with Gasteiger partial charge in [0, 0.05) is 37.1 Å². The molecule has 154 valence electrons. The van der Waals surface area contributed by atoms with Crippen LogP contribution in [-0.4, -0.2) is 37.2 Å². The van der Waals surface area contributed by atoms with Crippen LogP contribution in [0.25, 0.3) is 0 Å². The highest BCUT2D eigenvalue weighted by Crippen LogP contribution is 2.15. The number of hydrogen-bond donors (Lipinski definition) is 3. The number of carbonyl (C=O) groups excluding carboxylic acids is 2. The second-order valence-corrected chi connectivity index (χ2v) is 7.28. The maximum atomic E-state index is 12.4. The third-order valence-corrected chi connectivity index (χ3v) is 4.46. The highest BCUT2D eigenvalue weighted by molar-refractivity contribution is 7.80. The van der Waals surface area contributed by atoms with Crippen LogP contribution < -0.4 is 16.0 Å². The SMILES string of the molecule is COCCCNC(=O)c1cccc(NC(=S)NC(=O)c2ccc(C(C)C)cc2)c1. The molecular formula is C22H27N3O3S. The van der Waals surface area contributed by atoms with Crippen molar-refractivity contribution in [1.29, 1.82) is 0 Å². The Morgan fingerprint density at radius 2 is 1.76 bits per heavy atom. The van der Waals surface area contributed by atoms with E-state index in [1.807, 2.05) is 12.1 Å². The Hall–Kier alpha value is -2.77. The molecule has 29 heavy (non-hydrogen) atoms. The molecule has 0 saturated carbocycles. The van der Waals surface area contributed by atoms with Gasteiger partial charge < -0.3 is 15.4 Å². The molecule has 2 rings (SSSR count). The Balaban J connectivity index is 1.91. The summed E-state index contributed by atoms with van der Waals surface area (Å²) < 4.78 is 4.96. The molecule has 2 aromatic carbocycles. The maximum Gasteiger partial charge on any atom is 0.257 e. The van der Waals surface area contributed by atoms with E-state index in [0.29, 0.717) is 35.9 Å². The number of methoxy groups -OCH3 is 1. The average Bonchev–Trinajstić information content (AvgIpc) is 2.71. The molecule has 0 radical (unpaired) electrons. The lowest BCUT2D eigenvalue weighted by Crippen LogP contribution is -2.34. The monoisotopic (exact) mass is 413 g/mol. The van der Waals surface area contributed by atoms with E-state index in [1.54, 1.807) is 43.5 Å². The minimum atomic E-state index is -0.287. The van der Waals surface area contributed by atoms with Gasteiger partial charge in [-0.1, -0.05) is 32.0 Å². The van der Waals surface area contributed by atoms with Crippen molar-refractivity contribution in [2.45, 2.75) is 26.2 Å². The molecule has 0 fully saturated rings. The number of nitrogens with one attached hydrogen (secondary N) is 3. The number of anilines is 1. The van der Waals surface area contributed by atoms with E-state index >= 15 is 0 Å². The zero-order chi connectivity index (χ0) is 21.2. The van der Waals surface area contributed by atoms with Crippen LogP contribution in [-0.2, 0) is 4.74 Å². The van der Waals surface area contributed by atoms with Gasteiger partial charge in [-0.3, -0.25) is 14.9 Å². The smallest absolute Gasteiger partial charge is 0.257 e. The summed E-state index contributed by atoms with van der Waals surface area (Å²) in [4.78, 5) is 24.6. The molecule has 7 heteroatoms. The number of benzene rings is 2. The quantitative estimate of drug-likeness (QED) is 0.454. The lowest BCUT2D eigenvalue weighted by Gasteiger charge is -2.12. The minimum Gasteiger partial charge on any atom is -0.385 e.